The molecule has 0 spiro atoms. The van der Waals surface area contributed by atoms with Crippen LogP contribution in [-0.2, 0) is 9.53 Å². The van der Waals surface area contributed by atoms with Crippen molar-refractivity contribution in [1.82, 2.24) is 9.97 Å². The van der Waals surface area contributed by atoms with Crippen molar-refractivity contribution < 1.29 is 14.3 Å². The van der Waals surface area contributed by atoms with Crippen LogP contribution in [0.4, 0.5) is 17.2 Å². The molecule has 0 atom stereocenters. The summed E-state index contributed by atoms with van der Waals surface area (Å²) in [5.74, 6) is 0.879. The minimum Gasteiger partial charge on any atom is -0.378 e. The number of carbonyl (C=O) groups excluding carboxylic acids is 2. The van der Waals surface area contributed by atoms with Crippen molar-refractivity contribution in [2.24, 2.45) is 5.92 Å². The molecule has 1 amide bonds. The molecule has 8 heteroatoms. The third kappa shape index (κ3) is 4.59. The van der Waals surface area contributed by atoms with E-state index in [1.165, 1.54) is 6.92 Å². The molecule has 2 aromatic rings. The fourth-order valence-electron chi connectivity index (χ4n) is 4.00. The topological polar surface area (TPSA) is 87.7 Å². The highest BCUT2D eigenvalue weighted by molar-refractivity contribution is 5.97. The second-order valence-electron chi connectivity index (χ2n) is 7.72. The van der Waals surface area contributed by atoms with E-state index in [0.717, 1.165) is 50.5 Å². The summed E-state index contributed by atoms with van der Waals surface area (Å²) < 4.78 is 5.45. The van der Waals surface area contributed by atoms with Crippen LogP contribution in [0.15, 0.2) is 36.8 Å². The zero-order chi connectivity index (χ0) is 20.9. The minimum absolute atomic E-state index is 0.00747. The van der Waals surface area contributed by atoms with E-state index in [9.17, 15) is 9.59 Å². The molecule has 0 radical (unpaired) electrons. The number of ether oxygens (including phenoxy) is 1. The number of rotatable bonds is 5. The number of Topliss-reactive ketones (excluding diaryl/α,β-unsaturated/α-hetero) is 1. The largest absolute Gasteiger partial charge is 0.378 e. The zero-order valence-electron chi connectivity index (χ0n) is 17.2. The van der Waals surface area contributed by atoms with E-state index in [-0.39, 0.29) is 17.6 Å². The van der Waals surface area contributed by atoms with Gasteiger partial charge < -0.3 is 19.9 Å². The smallest absolute Gasteiger partial charge is 0.227 e. The first kappa shape index (κ1) is 20.3. The van der Waals surface area contributed by atoms with Crippen molar-refractivity contribution in [3.05, 3.63) is 42.4 Å². The van der Waals surface area contributed by atoms with Crippen molar-refractivity contribution in [2.75, 3.05) is 54.5 Å². The van der Waals surface area contributed by atoms with Gasteiger partial charge in [-0.2, -0.15) is 0 Å². The van der Waals surface area contributed by atoms with Gasteiger partial charge in [0.1, 0.15) is 6.33 Å². The van der Waals surface area contributed by atoms with E-state index in [1.54, 1.807) is 24.5 Å². The number of nitrogens with zero attached hydrogens (tertiary/aromatic N) is 4. The highest BCUT2D eigenvalue weighted by Crippen LogP contribution is 2.30. The Kier molecular flexibility index (Phi) is 6.23. The number of benzene rings is 1. The molecule has 2 aliphatic heterocycles. The average Bonchev–Trinajstić information content (AvgIpc) is 2.80. The maximum absolute atomic E-state index is 12.7. The Hall–Kier alpha value is -3.00. The molecular formula is C22H27N5O3. The molecule has 2 fully saturated rings. The maximum Gasteiger partial charge on any atom is 0.227 e. The van der Waals surface area contributed by atoms with Gasteiger partial charge in [-0.05, 0) is 31.9 Å². The summed E-state index contributed by atoms with van der Waals surface area (Å²) in [6.45, 7) is 6.12. The first-order chi connectivity index (χ1) is 14.6. The summed E-state index contributed by atoms with van der Waals surface area (Å²) in [7, 11) is 0. The Morgan fingerprint density at radius 1 is 1.10 bits per heavy atom. The van der Waals surface area contributed by atoms with Crippen molar-refractivity contribution in [3.63, 3.8) is 0 Å². The first-order valence-electron chi connectivity index (χ1n) is 10.4. The summed E-state index contributed by atoms with van der Waals surface area (Å²) in [5.41, 5.74) is 2.29. The average molecular weight is 409 g/mol. The monoisotopic (exact) mass is 409 g/mol. The van der Waals surface area contributed by atoms with Crippen LogP contribution in [0.5, 0.6) is 0 Å². The molecule has 158 valence electrons. The Morgan fingerprint density at radius 3 is 2.60 bits per heavy atom. The molecule has 1 aromatic carbocycles. The van der Waals surface area contributed by atoms with Crippen LogP contribution in [-0.4, -0.2) is 61.1 Å². The molecular weight excluding hydrogens is 382 g/mol. The number of carbonyl (C=O) groups is 2. The van der Waals surface area contributed by atoms with Gasteiger partial charge in [0, 0.05) is 43.3 Å². The normalized spacial score (nSPS) is 17.6. The van der Waals surface area contributed by atoms with Crippen molar-refractivity contribution in [1.29, 1.82) is 0 Å². The van der Waals surface area contributed by atoms with Gasteiger partial charge in [-0.3, -0.25) is 9.59 Å². The lowest BCUT2D eigenvalue weighted by molar-refractivity contribution is -0.120. The predicted octanol–water partition coefficient (Wildman–Crippen LogP) is 2.37. The molecule has 0 saturated carbocycles. The lowest BCUT2D eigenvalue weighted by Crippen LogP contribution is -2.41. The van der Waals surface area contributed by atoms with Gasteiger partial charge in [0.2, 0.25) is 5.91 Å². The summed E-state index contributed by atoms with van der Waals surface area (Å²) >= 11 is 0. The molecule has 3 heterocycles. The zero-order valence-corrected chi connectivity index (χ0v) is 17.2. The Labute approximate surface area is 176 Å². The number of nitrogens with one attached hydrogen (secondary N) is 1. The maximum atomic E-state index is 12.7. The van der Waals surface area contributed by atoms with E-state index in [2.05, 4.69) is 25.1 Å². The SMILES string of the molecule is CC(=O)c1cccc(NC(=O)C2CCN(c3cncnc3N3CCOCC3)CC2)c1. The van der Waals surface area contributed by atoms with Crippen LogP contribution in [0.3, 0.4) is 0 Å². The van der Waals surface area contributed by atoms with E-state index < -0.39 is 0 Å². The molecule has 0 aliphatic carbocycles. The van der Waals surface area contributed by atoms with Crippen molar-refractivity contribution >= 4 is 28.9 Å². The summed E-state index contributed by atoms with van der Waals surface area (Å²) in [5, 5.41) is 2.97. The fourth-order valence-corrected chi connectivity index (χ4v) is 4.00. The predicted molar refractivity (Wildman–Crippen MR) is 115 cm³/mol. The number of amides is 1. The van der Waals surface area contributed by atoms with Crippen LogP contribution in [0.1, 0.15) is 30.1 Å². The van der Waals surface area contributed by atoms with Gasteiger partial charge in [0.25, 0.3) is 0 Å². The Morgan fingerprint density at radius 2 is 1.87 bits per heavy atom. The molecule has 0 unspecified atom stereocenters. The third-order valence-electron chi connectivity index (χ3n) is 5.73. The van der Waals surface area contributed by atoms with Gasteiger partial charge in [-0.25, -0.2) is 9.97 Å². The van der Waals surface area contributed by atoms with Gasteiger partial charge in [-0.1, -0.05) is 12.1 Å². The van der Waals surface area contributed by atoms with E-state index in [0.29, 0.717) is 24.5 Å². The number of aromatic nitrogens is 2. The molecule has 0 bridgehead atoms. The van der Waals surface area contributed by atoms with Gasteiger partial charge in [0.15, 0.2) is 11.6 Å². The molecule has 4 rings (SSSR count). The minimum atomic E-state index is -0.0568. The second kappa shape index (κ2) is 9.21. The van der Waals surface area contributed by atoms with Gasteiger partial charge >= 0.3 is 0 Å². The highest BCUT2D eigenvalue weighted by Gasteiger charge is 2.28. The second-order valence-corrected chi connectivity index (χ2v) is 7.72. The van der Waals surface area contributed by atoms with Crippen LogP contribution in [0.25, 0.3) is 0 Å². The molecule has 2 saturated heterocycles. The van der Waals surface area contributed by atoms with Crippen molar-refractivity contribution in [3.8, 4) is 0 Å². The van der Waals surface area contributed by atoms with Crippen LogP contribution in [0, 0.1) is 5.92 Å². The standard InChI is InChI=1S/C22H27N5O3/c1-16(28)18-3-2-4-19(13-18)25-22(29)17-5-7-26(8-6-17)20-14-23-15-24-21(20)27-9-11-30-12-10-27/h2-4,13-15,17H,5-12H2,1H3,(H,25,29). The van der Waals surface area contributed by atoms with Gasteiger partial charge in [0.05, 0.1) is 25.1 Å². The summed E-state index contributed by atoms with van der Waals surface area (Å²) in [6, 6.07) is 7.09. The molecule has 1 aromatic heterocycles. The first-order valence-corrected chi connectivity index (χ1v) is 10.4. The number of anilines is 3. The number of morpholine rings is 1. The van der Waals surface area contributed by atoms with Crippen LogP contribution < -0.4 is 15.1 Å². The Bertz CT molecular complexity index is 905. The molecule has 2 aliphatic rings. The van der Waals surface area contributed by atoms with Crippen LogP contribution >= 0.6 is 0 Å². The number of ketones is 1. The molecule has 8 nitrogen and oxygen atoms in total. The highest BCUT2D eigenvalue weighted by atomic mass is 16.5. The van der Waals surface area contributed by atoms with Gasteiger partial charge in [-0.15, -0.1) is 0 Å². The quantitative estimate of drug-likeness (QED) is 0.759. The molecule has 30 heavy (non-hydrogen) atoms. The number of hydrogen-bond donors (Lipinski definition) is 1. The number of piperidine rings is 1. The van der Waals surface area contributed by atoms with Crippen LogP contribution in [0.2, 0.25) is 0 Å². The third-order valence-corrected chi connectivity index (χ3v) is 5.73. The Balaban J connectivity index is 1.38. The summed E-state index contributed by atoms with van der Waals surface area (Å²) in [6.07, 6.45) is 4.97. The fraction of sp³-hybridized carbons (Fsp3) is 0.455. The van der Waals surface area contributed by atoms with E-state index in [1.807, 2.05) is 12.3 Å². The summed E-state index contributed by atoms with van der Waals surface area (Å²) in [4.78, 5) is 37.6. The lowest BCUT2D eigenvalue weighted by atomic mass is 9.95. The van der Waals surface area contributed by atoms with E-state index in [4.69, 9.17) is 4.74 Å². The molecule has 1 N–H and O–H groups in total. The van der Waals surface area contributed by atoms with Crippen molar-refractivity contribution in [2.45, 2.75) is 19.8 Å². The van der Waals surface area contributed by atoms with E-state index >= 15 is 0 Å². The number of hydrogen-bond acceptors (Lipinski definition) is 7. The lowest BCUT2D eigenvalue weighted by Gasteiger charge is -2.36.